The fourth-order valence-electron chi connectivity index (χ4n) is 4.28. The van der Waals surface area contributed by atoms with Crippen LogP contribution in [-0.2, 0) is 16.0 Å². The van der Waals surface area contributed by atoms with Gasteiger partial charge in [-0.1, -0.05) is 115 Å². The Morgan fingerprint density at radius 2 is 1.00 bits per heavy atom. The molecule has 0 fully saturated rings. The number of rotatable bonds is 5. The van der Waals surface area contributed by atoms with Gasteiger partial charge in [-0.25, -0.2) is 4.79 Å². The van der Waals surface area contributed by atoms with E-state index < -0.39 is 11.9 Å². The Morgan fingerprint density at radius 1 is 0.537 bits per heavy atom. The number of carboxylic acid groups (broad SMARTS) is 2. The summed E-state index contributed by atoms with van der Waals surface area (Å²) in [5.74, 6) is -0.803. The van der Waals surface area contributed by atoms with Crippen molar-refractivity contribution in [2.45, 2.75) is 6.42 Å². The second-order valence-corrected chi connectivity index (χ2v) is 8.87. The standard InChI is InChI=1S/C12H10O3.C12H10O2.C10H8O.K/c13-12(14)8-15-11-7-3-5-9-4-1-2-6-10(9)11;13-12(14)8-10-6-3-5-9-4-1-2-7-11(9)10;11-10-7-3-5-8-4-1-2-6-9(8)10;/h1-7H,8H2,(H,13,14);1-7H,8H2,(H,13,14);1-7,11H;. The molecule has 0 saturated heterocycles. The van der Waals surface area contributed by atoms with Gasteiger partial charge in [-0.2, -0.15) is 0 Å². The van der Waals surface area contributed by atoms with Crippen molar-refractivity contribution in [3.63, 3.8) is 0 Å². The van der Waals surface area contributed by atoms with Gasteiger partial charge in [0.05, 0.1) is 6.42 Å². The van der Waals surface area contributed by atoms with Gasteiger partial charge in [0.25, 0.3) is 0 Å². The molecule has 0 aromatic heterocycles. The van der Waals surface area contributed by atoms with E-state index in [1.807, 2.05) is 115 Å². The normalized spacial score (nSPS) is 9.95. The number of fused-ring (bicyclic) bond motifs is 3. The average Bonchev–Trinajstić information content (AvgIpc) is 2.97. The molecule has 0 unspecified atom stereocenters. The van der Waals surface area contributed by atoms with Crippen LogP contribution in [0.3, 0.4) is 0 Å². The summed E-state index contributed by atoms with van der Waals surface area (Å²) in [7, 11) is 0. The fraction of sp³-hybridized carbons (Fsp3) is 0.0588. The van der Waals surface area contributed by atoms with E-state index in [0.29, 0.717) is 11.5 Å². The summed E-state index contributed by atoms with van der Waals surface area (Å²) in [5, 5.41) is 32.7. The van der Waals surface area contributed by atoms with E-state index >= 15 is 0 Å². The summed E-state index contributed by atoms with van der Waals surface area (Å²) in [6, 6.07) is 40.1. The topological polar surface area (TPSA) is 104 Å². The summed E-state index contributed by atoms with van der Waals surface area (Å²) in [6.45, 7) is -0.312. The minimum absolute atomic E-state index is 0. The first-order chi connectivity index (χ1) is 19.4. The largest absolute Gasteiger partial charge is 0.507 e. The number of phenols is 1. The van der Waals surface area contributed by atoms with Crippen molar-refractivity contribution in [1.82, 2.24) is 0 Å². The molecular weight excluding hydrogens is 543 g/mol. The van der Waals surface area contributed by atoms with Crippen LogP contribution >= 0.6 is 0 Å². The van der Waals surface area contributed by atoms with E-state index in [1.54, 1.807) is 12.1 Å². The van der Waals surface area contributed by atoms with Crippen LogP contribution in [0.1, 0.15) is 5.56 Å². The third kappa shape index (κ3) is 9.14. The first kappa shape index (κ1) is 31.8. The molecule has 3 N–H and O–H groups in total. The Hall–Kier alpha value is -3.72. The Bertz CT molecular complexity index is 1750. The van der Waals surface area contributed by atoms with Crippen LogP contribution in [0.25, 0.3) is 32.3 Å². The molecule has 0 aliphatic heterocycles. The number of phenolic OH excluding ortho intramolecular Hbond substituents is 1. The molecule has 201 valence electrons. The molecule has 6 aromatic carbocycles. The van der Waals surface area contributed by atoms with Gasteiger partial charge in [0, 0.05) is 62.2 Å². The van der Waals surface area contributed by atoms with E-state index in [4.69, 9.17) is 14.9 Å². The van der Waals surface area contributed by atoms with Crippen molar-refractivity contribution >= 4 is 95.6 Å². The molecule has 6 rings (SSSR count). The molecule has 0 saturated carbocycles. The molecule has 6 nitrogen and oxygen atoms in total. The van der Waals surface area contributed by atoms with Gasteiger partial charge in [0.15, 0.2) is 6.61 Å². The molecule has 0 heterocycles. The van der Waals surface area contributed by atoms with Gasteiger partial charge in [-0.15, -0.1) is 0 Å². The van der Waals surface area contributed by atoms with Crippen molar-refractivity contribution in [3.05, 3.63) is 133 Å². The third-order valence-electron chi connectivity index (χ3n) is 6.09. The number of benzene rings is 6. The molecular formula is C34H28KO6. The maximum atomic E-state index is 10.6. The quantitative estimate of drug-likeness (QED) is 0.194. The van der Waals surface area contributed by atoms with Crippen LogP contribution in [0.4, 0.5) is 0 Å². The number of carboxylic acids is 2. The fourth-order valence-corrected chi connectivity index (χ4v) is 4.28. The number of aromatic hydroxyl groups is 1. The van der Waals surface area contributed by atoms with E-state index in [9.17, 15) is 14.7 Å². The van der Waals surface area contributed by atoms with Crippen LogP contribution in [-0.4, -0.2) is 85.2 Å². The minimum Gasteiger partial charge on any atom is -0.507 e. The summed E-state index contributed by atoms with van der Waals surface area (Å²) < 4.78 is 5.18. The third-order valence-corrected chi connectivity index (χ3v) is 6.09. The Balaban J connectivity index is 0.000000169. The summed E-state index contributed by atoms with van der Waals surface area (Å²) in [4.78, 5) is 21.0. The molecule has 0 aliphatic rings. The van der Waals surface area contributed by atoms with Crippen LogP contribution in [0.5, 0.6) is 11.5 Å². The second kappa shape index (κ2) is 15.9. The van der Waals surface area contributed by atoms with Crippen molar-refractivity contribution < 1.29 is 29.6 Å². The molecule has 0 amide bonds. The predicted octanol–water partition coefficient (Wildman–Crippen LogP) is 6.93. The maximum Gasteiger partial charge on any atom is 0.341 e. The maximum absolute atomic E-state index is 10.6. The molecule has 1 radical (unpaired) electrons. The number of hydrogen-bond donors (Lipinski definition) is 3. The number of ether oxygens (including phenoxy) is 1. The predicted molar refractivity (Wildman–Crippen MR) is 164 cm³/mol. The van der Waals surface area contributed by atoms with Gasteiger partial charge in [-0.05, 0) is 39.2 Å². The second-order valence-electron chi connectivity index (χ2n) is 8.87. The van der Waals surface area contributed by atoms with Crippen molar-refractivity contribution in [2.24, 2.45) is 0 Å². The van der Waals surface area contributed by atoms with E-state index in [0.717, 1.165) is 37.9 Å². The molecule has 0 aliphatic carbocycles. The average molecular weight is 572 g/mol. The Labute approximate surface area is 280 Å². The van der Waals surface area contributed by atoms with Crippen molar-refractivity contribution in [1.29, 1.82) is 0 Å². The van der Waals surface area contributed by atoms with Crippen LogP contribution in [0.2, 0.25) is 0 Å². The molecule has 7 heteroatoms. The van der Waals surface area contributed by atoms with E-state index in [1.165, 1.54) is 0 Å². The van der Waals surface area contributed by atoms with E-state index in [-0.39, 0.29) is 64.4 Å². The first-order valence-corrected chi connectivity index (χ1v) is 12.6. The SMILES string of the molecule is O=C(O)COc1cccc2ccccc12.O=C(O)Cc1cccc2ccccc12.Oc1cccc2ccccc12.[K]. The molecule has 6 aromatic rings. The Morgan fingerprint density at radius 3 is 1.59 bits per heavy atom. The van der Waals surface area contributed by atoms with Crippen molar-refractivity contribution in [2.75, 3.05) is 6.61 Å². The smallest absolute Gasteiger partial charge is 0.341 e. The van der Waals surface area contributed by atoms with E-state index in [2.05, 4.69) is 0 Å². The molecule has 0 atom stereocenters. The number of aliphatic carboxylic acids is 2. The van der Waals surface area contributed by atoms with Gasteiger partial charge >= 0.3 is 11.9 Å². The van der Waals surface area contributed by atoms with Gasteiger partial charge in [0.1, 0.15) is 11.5 Å². The van der Waals surface area contributed by atoms with Crippen LogP contribution in [0.15, 0.2) is 127 Å². The minimum atomic E-state index is -0.970. The van der Waals surface area contributed by atoms with Crippen LogP contribution < -0.4 is 4.74 Å². The molecule has 41 heavy (non-hydrogen) atoms. The number of carbonyl (C=O) groups is 2. The Kier molecular flexibility index (Phi) is 12.3. The zero-order valence-corrected chi connectivity index (χ0v) is 25.7. The first-order valence-electron chi connectivity index (χ1n) is 12.6. The molecule has 0 bridgehead atoms. The van der Waals surface area contributed by atoms with Gasteiger partial charge in [-0.3, -0.25) is 4.79 Å². The van der Waals surface area contributed by atoms with Crippen molar-refractivity contribution in [3.8, 4) is 11.5 Å². The summed E-state index contributed by atoms with van der Waals surface area (Å²) in [5.41, 5.74) is 0.871. The monoisotopic (exact) mass is 571 g/mol. The van der Waals surface area contributed by atoms with Gasteiger partial charge < -0.3 is 20.1 Å². The zero-order valence-electron chi connectivity index (χ0n) is 22.6. The zero-order chi connectivity index (χ0) is 28.3. The summed E-state index contributed by atoms with van der Waals surface area (Å²) in [6.07, 6.45) is 0.0847. The summed E-state index contributed by atoms with van der Waals surface area (Å²) >= 11 is 0. The van der Waals surface area contributed by atoms with Gasteiger partial charge in [0.2, 0.25) is 0 Å². The molecule has 0 spiro atoms. The number of hydrogen-bond acceptors (Lipinski definition) is 4. The van der Waals surface area contributed by atoms with Crippen LogP contribution in [0, 0.1) is 0 Å².